The van der Waals surface area contributed by atoms with E-state index in [9.17, 15) is 9.59 Å². The first-order chi connectivity index (χ1) is 14.5. The van der Waals surface area contributed by atoms with Gasteiger partial charge in [0.05, 0.1) is 17.6 Å². The van der Waals surface area contributed by atoms with Crippen LogP contribution in [0.25, 0.3) is 22.2 Å². The molecule has 3 N–H and O–H groups in total. The van der Waals surface area contributed by atoms with Crippen LogP contribution in [-0.4, -0.2) is 48.2 Å². The third kappa shape index (κ3) is 3.05. The first-order valence-corrected chi connectivity index (χ1v) is 9.91. The molecule has 10 heteroatoms. The van der Waals surface area contributed by atoms with E-state index in [1.807, 2.05) is 23.1 Å². The van der Waals surface area contributed by atoms with Crippen molar-refractivity contribution in [2.45, 2.75) is 25.4 Å². The lowest BCUT2D eigenvalue weighted by atomic mass is 10.1. The van der Waals surface area contributed by atoms with Gasteiger partial charge >= 0.3 is 5.69 Å². The molecule has 0 bridgehead atoms. The highest BCUT2D eigenvalue weighted by atomic mass is 16.2. The quantitative estimate of drug-likeness (QED) is 0.502. The number of aromatic amines is 1. The SMILES string of the molecule is Cn1c(=O)n(Cc2ccc3nccnc3c2)c(=O)c2[nH]c(N3CCC[C@@H](N)C3)nc21. The van der Waals surface area contributed by atoms with Gasteiger partial charge in [-0.15, -0.1) is 0 Å². The van der Waals surface area contributed by atoms with Crippen LogP contribution in [0.4, 0.5) is 5.95 Å². The van der Waals surface area contributed by atoms with Gasteiger partial charge in [0.2, 0.25) is 5.95 Å². The van der Waals surface area contributed by atoms with Crippen LogP contribution in [0.3, 0.4) is 0 Å². The van der Waals surface area contributed by atoms with Crippen LogP contribution in [0.15, 0.2) is 40.2 Å². The van der Waals surface area contributed by atoms with Crippen LogP contribution in [0.1, 0.15) is 18.4 Å². The number of nitrogens with zero attached hydrogens (tertiary/aromatic N) is 6. The average molecular weight is 406 g/mol. The van der Waals surface area contributed by atoms with E-state index in [-0.39, 0.29) is 12.6 Å². The van der Waals surface area contributed by atoms with Crippen molar-refractivity contribution in [2.75, 3.05) is 18.0 Å². The number of benzene rings is 1. The van der Waals surface area contributed by atoms with Gasteiger partial charge in [0.1, 0.15) is 0 Å². The zero-order valence-corrected chi connectivity index (χ0v) is 16.6. The van der Waals surface area contributed by atoms with Crippen molar-refractivity contribution in [3.05, 3.63) is 57.0 Å². The van der Waals surface area contributed by atoms with Crippen LogP contribution < -0.4 is 21.9 Å². The van der Waals surface area contributed by atoms with E-state index >= 15 is 0 Å². The topological polar surface area (TPSA) is 128 Å². The number of H-pyrrole nitrogens is 1. The van der Waals surface area contributed by atoms with Crippen molar-refractivity contribution in [2.24, 2.45) is 12.8 Å². The summed E-state index contributed by atoms with van der Waals surface area (Å²) >= 11 is 0. The number of hydrogen-bond acceptors (Lipinski definition) is 7. The summed E-state index contributed by atoms with van der Waals surface area (Å²) in [6, 6.07) is 5.59. The highest BCUT2D eigenvalue weighted by molar-refractivity contribution is 5.75. The molecule has 4 aromatic rings. The van der Waals surface area contributed by atoms with Crippen molar-refractivity contribution in [1.29, 1.82) is 0 Å². The maximum absolute atomic E-state index is 13.1. The number of imidazole rings is 1. The van der Waals surface area contributed by atoms with Crippen LogP contribution in [0.2, 0.25) is 0 Å². The van der Waals surface area contributed by atoms with Gasteiger partial charge in [0.15, 0.2) is 11.2 Å². The monoisotopic (exact) mass is 406 g/mol. The molecular formula is C20H22N8O2. The van der Waals surface area contributed by atoms with Crippen molar-refractivity contribution in [1.82, 2.24) is 29.1 Å². The Morgan fingerprint density at radius 2 is 2.00 bits per heavy atom. The normalized spacial score (nSPS) is 17.1. The van der Waals surface area contributed by atoms with Gasteiger partial charge in [-0.2, -0.15) is 4.98 Å². The standard InChI is InChI=1S/C20H22N8O2/c1-26-17-16(24-19(25-17)27-8-2-3-13(21)11-27)18(29)28(20(26)30)10-12-4-5-14-15(9-12)23-7-6-22-14/h4-7,9,13H,2-3,8,10-11,21H2,1H3,(H,24,25)/t13-/m1/s1. The molecule has 5 rings (SSSR count). The molecule has 0 amide bonds. The molecule has 1 fully saturated rings. The molecule has 4 heterocycles. The number of anilines is 1. The van der Waals surface area contributed by atoms with E-state index in [4.69, 9.17) is 5.73 Å². The largest absolute Gasteiger partial charge is 0.341 e. The minimum absolute atomic E-state index is 0.0726. The molecule has 0 spiro atoms. The zero-order valence-electron chi connectivity index (χ0n) is 16.6. The molecule has 1 aliphatic heterocycles. The van der Waals surface area contributed by atoms with Crippen molar-refractivity contribution in [3.8, 4) is 0 Å². The van der Waals surface area contributed by atoms with Gasteiger partial charge < -0.3 is 15.6 Å². The Kier molecular flexibility index (Phi) is 4.35. The molecule has 1 saturated heterocycles. The van der Waals surface area contributed by atoms with Crippen molar-refractivity contribution >= 4 is 28.1 Å². The summed E-state index contributed by atoms with van der Waals surface area (Å²) in [5, 5.41) is 0. The number of nitrogens with one attached hydrogen (secondary N) is 1. The maximum atomic E-state index is 13.1. The van der Waals surface area contributed by atoms with E-state index in [2.05, 4.69) is 19.9 Å². The second-order valence-electron chi connectivity index (χ2n) is 7.72. The lowest BCUT2D eigenvalue weighted by Crippen LogP contribution is -2.43. The summed E-state index contributed by atoms with van der Waals surface area (Å²) in [5.74, 6) is 0.575. The maximum Gasteiger partial charge on any atom is 0.332 e. The zero-order chi connectivity index (χ0) is 20.8. The Labute approximate surface area is 171 Å². The van der Waals surface area contributed by atoms with Crippen LogP contribution in [-0.2, 0) is 13.6 Å². The summed E-state index contributed by atoms with van der Waals surface area (Å²) < 4.78 is 2.62. The summed E-state index contributed by atoms with van der Waals surface area (Å²) in [7, 11) is 1.62. The molecule has 0 unspecified atom stereocenters. The molecule has 0 aliphatic carbocycles. The molecule has 30 heavy (non-hydrogen) atoms. The molecule has 154 valence electrons. The van der Waals surface area contributed by atoms with E-state index in [0.717, 1.165) is 30.5 Å². The molecule has 3 aromatic heterocycles. The first-order valence-electron chi connectivity index (χ1n) is 9.91. The molecule has 0 radical (unpaired) electrons. The second-order valence-corrected chi connectivity index (χ2v) is 7.72. The fraction of sp³-hybridized carbons (Fsp3) is 0.350. The van der Waals surface area contributed by atoms with Crippen molar-refractivity contribution in [3.63, 3.8) is 0 Å². The molecule has 0 saturated carbocycles. The fourth-order valence-corrected chi connectivity index (χ4v) is 4.02. The summed E-state index contributed by atoms with van der Waals surface area (Å²) in [6.45, 7) is 1.62. The van der Waals surface area contributed by atoms with Crippen LogP contribution in [0.5, 0.6) is 0 Å². The van der Waals surface area contributed by atoms with E-state index in [0.29, 0.717) is 29.2 Å². The number of hydrogen-bond donors (Lipinski definition) is 2. The number of piperidine rings is 1. The first kappa shape index (κ1) is 18.5. The number of fused-ring (bicyclic) bond motifs is 2. The number of aryl methyl sites for hydroxylation is 1. The van der Waals surface area contributed by atoms with E-state index < -0.39 is 11.2 Å². The van der Waals surface area contributed by atoms with Gasteiger partial charge in [0.25, 0.3) is 5.56 Å². The smallest absolute Gasteiger partial charge is 0.332 e. The molecule has 1 aliphatic rings. The second kappa shape index (κ2) is 7.06. The minimum Gasteiger partial charge on any atom is -0.341 e. The molecule has 1 aromatic carbocycles. The Balaban J connectivity index is 1.58. The van der Waals surface area contributed by atoms with E-state index in [1.54, 1.807) is 19.4 Å². The van der Waals surface area contributed by atoms with Gasteiger partial charge in [-0.05, 0) is 30.5 Å². The number of rotatable bonds is 3. The third-order valence-electron chi connectivity index (χ3n) is 5.60. The Bertz CT molecular complexity index is 1370. The molecule has 1 atom stereocenters. The predicted octanol–water partition coefficient (Wildman–Crippen LogP) is 0.342. The summed E-state index contributed by atoms with van der Waals surface area (Å²) in [4.78, 5) is 44.3. The Hall–Kier alpha value is -3.53. The summed E-state index contributed by atoms with van der Waals surface area (Å²) in [6.07, 6.45) is 5.17. The number of aromatic nitrogens is 6. The fourth-order valence-electron chi connectivity index (χ4n) is 4.02. The van der Waals surface area contributed by atoms with Crippen LogP contribution in [0, 0.1) is 0 Å². The lowest BCUT2D eigenvalue weighted by Gasteiger charge is -2.30. The van der Waals surface area contributed by atoms with Gasteiger partial charge in [0, 0.05) is 38.6 Å². The van der Waals surface area contributed by atoms with E-state index in [1.165, 1.54) is 9.13 Å². The highest BCUT2D eigenvalue weighted by Crippen LogP contribution is 2.18. The average Bonchev–Trinajstić information content (AvgIpc) is 3.21. The van der Waals surface area contributed by atoms with Gasteiger partial charge in [-0.25, -0.2) is 4.79 Å². The molecular weight excluding hydrogens is 384 g/mol. The summed E-state index contributed by atoms with van der Waals surface area (Å²) in [5.41, 5.74) is 8.19. The van der Waals surface area contributed by atoms with Gasteiger partial charge in [-0.3, -0.25) is 23.9 Å². The predicted molar refractivity (Wildman–Crippen MR) is 114 cm³/mol. The Morgan fingerprint density at radius 3 is 2.80 bits per heavy atom. The van der Waals surface area contributed by atoms with Gasteiger partial charge in [-0.1, -0.05) is 6.07 Å². The van der Waals surface area contributed by atoms with Crippen LogP contribution >= 0.6 is 0 Å². The molecule has 10 nitrogen and oxygen atoms in total. The minimum atomic E-state index is -0.417. The Morgan fingerprint density at radius 1 is 1.20 bits per heavy atom. The number of nitrogens with two attached hydrogens (primary N) is 1. The lowest BCUT2D eigenvalue weighted by molar-refractivity contribution is 0.501. The third-order valence-corrected chi connectivity index (χ3v) is 5.60. The highest BCUT2D eigenvalue weighted by Gasteiger charge is 2.22. The van der Waals surface area contributed by atoms with Crippen molar-refractivity contribution < 1.29 is 0 Å².